The highest BCUT2D eigenvalue weighted by atomic mass is 16.5. The van der Waals surface area contributed by atoms with Crippen molar-refractivity contribution in [3.63, 3.8) is 0 Å². The Labute approximate surface area is 84.0 Å². The molecule has 0 bridgehead atoms. The Balaban J connectivity index is 2.01. The predicted octanol–water partition coefficient (Wildman–Crippen LogP) is 0.767. The zero-order valence-corrected chi connectivity index (χ0v) is 8.75. The molecule has 0 spiro atoms. The van der Waals surface area contributed by atoms with Gasteiger partial charge in [-0.1, -0.05) is 13.2 Å². The molecule has 2 rings (SSSR count). The van der Waals surface area contributed by atoms with Gasteiger partial charge in [-0.3, -0.25) is 9.78 Å². The monoisotopic (exact) mass is 194 g/mol. The van der Waals surface area contributed by atoms with E-state index in [-0.39, 0.29) is 0 Å². The van der Waals surface area contributed by atoms with Gasteiger partial charge in [0.25, 0.3) is 0 Å². The first kappa shape index (κ1) is 9.59. The highest BCUT2D eigenvalue weighted by Gasteiger charge is 2.27. The standard InChI is InChI=1S/C11H18N2O/c1-4-14-11-6-5-10(7-11)13-9(3)8(2)12-13/h10-12H,2-7H2,1H3. The molecule has 14 heavy (non-hydrogen) atoms. The Morgan fingerprint density at radius 1 is 1.50 bits per heavy atom. The Morgan fingerprint density at radius 3 is 2.86 bits per heavy atom. The minimum Gasteiger partial charge on any atom is -0.378 e. The van der Waals surface area contributed by atoms with E-state index in [2.05, 4.69) is 29.9 Å². The summed E-state index contributed by atoms with van der Waals surface area (Å²) in [5, 5.41) is 5.16. The molecule has 1 fully saturated rings. The number of ether oxygens (including phenoxy) is 1. The molecule has 0 aromatic carbocycles. The molecular weight excluding hydrogens is 176 g/mol. The minimum atomic E-state index is 0.438. The molecule has 3 heteroatoms. The minimum absolute atomic E-state index is 0.438. The SMILES string of the molecule is C=c1[nH]n(C2CCC(OCC)C2)c1=C. The maximum atomic E-state index is 5.61. The number of aromatic nitrogens is 2. The van der Waals surface area contributed by atoms with Crippen molar-refractivity contribution in [2.45, 2.75) is 38.3 Å². The van der Waals surface area contributed by atoms with Crippen molar-refractivity contribution < 1.29 is 4.74 Å². The molecule has 78 valence electrons. The van der Waals surface area contributed by atoms with Crippen LogP contribution in [0.25, 0.3) is 13.2 Å². The zero-order valence-electron chi connectivity index (χ0n) is 8.75. The summed E-state index contributed by atoms with van der Waals surface area (Å²) in [4.78, 5) is 0. The predicted molar refractivity (Wildman–Crippen MR) is 57.4 cm³/mol. The van der Waals surface area contributed by atoms with Gasteiger partial charge in [-0.05, 0) is 26.2 Å². The van der Waals surface area contributed by atoms with Crippen LogP contribution in [0, 0.1) is 0 Å². The van der Waals surface area contributed by atoms with Gasteiger partial charge in [0, 0.05) is 6.61 Å². The van der Waals surface area contributed by atoms with E-state index in [0.29, 0.717) is 12.1 Å². The Kier molecular flexibility index (Phi) is 2.50. The van der Waals surface area contributed by atoms with E-state index in [0.717, 1.165) is 30.1 Å². The number of rotatable bonds is 3. The molecular formula is C11H18N2O. The van der Waals surface area contributed by atoms with Crippen LogP contribution in [0.2, 0.25) is 0 Å². The van der Waals surface area contributed by atoms with Crippen molar-refractivity contribution in [1.29, 1.82) is 0 Å². The molecule has 0 amide bonds. The third kappa shape index (κ3) is 1.52. The summed E-state index contributed by atoms with van der Waals surface area (Å²) in [6.45, 7) is 10.7. The second kappa shape index (κ2) is 3.65. The zero-order chi connectivity index (χ0) is 10.1. The normalized spacial score (nSPS) is 27.2. The lowest BCUT2D eigenvalue weighted by Gasteiger charge is -2.19. The van der Waals surface area contributed by atoms with Crippen molar-refractivity contribution in [3.8, 4) is 0 Å². The summed E-state index contributed by atoms with van der Waals surface area (Å²) in [7, 11) is 0. The lowest BCUT2D eigenvalue weighted by atomic mass is 10.2. The van der Waals surface area contributed by atoms with Crippen molar-refractivity contribution in [2.75, 3.05) is 6.61 Å². The van der Waals surface area contributed by atoms with Crippen molar-refractivity contribution >= 4 is 13.2 Å². The first-order chi connectivity index (χ1) is 6.72. The van der Waals surface area contributed by atoms with E-state index in [9.17, 15) is 0 Å². The molecule has 0 saturated heterocycles. The van der Waals surface area contributed by atoms with E-state index in [1.807, 2.05) is 0 Å². The van der Waals surface area contributed by atoms with Crippen LogP contribution in [0.4, 0.5) is 0 Å². The van der Waals surface area contributed by atoms with Gasteiger partial charge in [-0.2, -0.15) is 0 Å². The number of hydrogen-bond donors (Lipinski definition) is 1. The second-order valence-corrected chi connectivity index (χ2v) is 3.95. The first-order valence-corrected chi connectivity index (χ1v) is 5.28. The molecule has 1 N–H and O–H groups in total. The van der Waals surface area contributed by atoms with E-state index >= 15 is 0 Å². The fraction of sp³-hybridized carbons (Fsp3) is 0.636. The molecule has 1 aliphatic rings. The third-order valence-electron chi connectivity index (χ3n) is 3.02. The summed E-state index contributed by atoms with van der Waals surface area (Å²) < 4.78 is 7.73. The maximum absolute atomic E-state index is 5.61. The molecule has 1 aliphatic carbocycles. The molecule has 2 atom stereocenters. The molecule has 0 radical (unpaired) electrons. The van der Waals surface area contributed by atoms with Gasteiger partial charge in [-0.15, -0.1) is 0 Å². The average molecular weight is 194 g/mol. The molecule has 1 aromatic rings. The Bertz CT molecular complexity index is 390. The number of aromatic amines is 1. The molecule has 0 aliphatic heterocycles. The molecule has 1 heterocycles. The molecule has 3 nitrogen and oxygen atoms in total. The van der Waals surface area contributed by atoms with Gasteiger partial charge in [0.1, 0.15) is 0 Å². The Hall–Kier alpha value is -0.960. The lowest BCUT2D eigenvalue weighted by molar-refractivity contribution is 0.0650. The second-order valence-electron chi connectivity index (χ2n) is 3.95. The highest BCUT2D eigenvalue weighted by molar-refractivity contribution is 5.05. The van der Waals surface area contributed by atoms with E-state index in [1.165, 1.54) is 6.42 Å². The summed E-state index contributed by atoms with van der Waals surface area (Å²) in [6.07, 6.45) is 3.89. The van der Waals surface area contributed by atoms with Gasteiger partial charge in [0.2, 0.25) is 0 Å². The maximum Gasteiger partial charge on any atom is 0.0746 e. The van der Waals surface area contributed by atoms with Crippen LogP contribution in [0.5, 0.6) is 0 Å². The lowest BCUT2D eigenvalue weighted by Crippen LogP contribution is -2.48. The average Bonchev–Trinajstić information content (AvgIpc) is 2.62. The van der Waals surface area contributed by atoms with Crippen molar-refractivity contribution in [2.24, 2.45) is 0 Å². The van der Waals surface area contributed by atoms with Gasteiger partial charge in [0.05, 0.1) is 22.8 Å². The summed E-state index contributed by atoms with van der Waals surface area (Å²) >= 11 is 0. The van der Waals surface area contributed by atoms with Crippen LogP contribution in [-0.2, 0) is 4.74 Å². The van der Waals surface area contributed by atoms with E-state index in [4.69, 9.17) is 4.74 Å². The van der Waals surface area contributed by atoms with E-state index < -0.39 is 0 Å². The smallest absolute Gasteiger partial charge is 0.0746 e. The number of H-pyrrole nitrogens is 1. The fourth-order valence-electron chi connectivity index (χ4n) is 2.22. The quantitative estimate of drug-likeness (QED) is 0.756. The van der Waals surface area contributed by atoms with Crippen LogP contribution in [0.3, 0.4) is 0 Å². The Morgan fingerprint density at radius 2 is 2.29 bits per heavy atom. The van der Waals surface area contributed by atoms with Gasteiger partial charge < -0.3 is 4.74 Å². The summed E-state index contributed by atoms with van der Waals surface area (Å²) in [5.41, 5.74) is 0. The topological polar surface area (TPSA) is 29.9 Å². The van der Waals surface area contributed by atoms with Crippen molar-refractivity contribution in [1.82, 2.24) is 9.78 Å². The fourth-order valence-corrected chi connectivity index (χ4v) is 2.22. The molecule has 1 aromatic heterocycles. The van der Waals surface area contributed by atoms with Crippen LogP contribution in [0.15, 0.2) is 0 Å². The van der Waals surface area contributed by atoms with Gasteiger partial charge >= 0.3 is 0 Å². The third-order valence-corrected chi connectivity index (χ3v) is 3.02. The van der Waals surface area contributed by atoms with Crippen LogP contribution in [-0.4, -0.2) is 22.5 Å². The summed E-state index contributed by atoms with van der Waals surface area (Å²) in [6, 6.07) is 0.546. The first-order valence-electron chi connectivity index (χ1n) is 5.28. The molecule has 2 unspecified atom stereocenters. The highest BCUT2D eigenvalue weighted by Crippen LogP contribution is 2.30. The van der Waals surface area contributed by atoms with Crippen LogP contribution in [0.1, 0.15) is 32.2 Å². The van der Waals surface area contributed by atoms with E-state index in [1.54, 1.807) is 0 Å². The van der Waals surface area contributed by atoms with Crippen LogP contribution < -0.4 is 10.7 Å². The van der Waals surface area contributed by atoms with Crippen LogP contribution >= 0.6 is 0 Å². The van der Waals surface area contributed by atoms with Gasteiger partial charge in [0.15, 0.2) is 0 Å². The van der Waals surface area contributed by atoms with Crippen molar-refractivity contribution in [3.05, 3.63) is 10.7 Å². The largest absolute Gasteiger partial charge is 0.378 e. The number of nitrogens with one attached hydrogen (secondary N) is 1. The van der Waals surface area contributed by atoms with Gasteiger partial charge in [-0.25, -0.2) is 0 Å². The molecule has 1 saturated carbocycles. The number of nitrogens with zero attached hydrogens (tertiary/aromatic N) is 1. The number of hydrogen-bond acceptors (Lipinski definition) is 1. The summed E-state index contributed by atoms with van der Waals surface area (Å²) in [5.74, 6) is 0.